The Kier molecular flexibility index (Phi) is 6.33. The fourth-order valence-corrected chi connectivity index (χ4v) is 3.97. The van der Waals surface area contributed by atoms with Crippen LogP contribution in [0.1, 0.15) is 24.8 Å². The maximum absolute atomic E-state index is 13.5. The van der Waals surface area contributed by atoms with Crippen molar-refractivity contribution in [3.05, 3.63) is 29.6 Å². The van der Waals surface area contributed by atoms with E-state index >= 15 is 0 Å². The first-order chi connectivity index (χ1) is 11.8. The van der Waals surface area contributed by atoms with Crippen LogP contribution in [-0.2, 0) is 14.8 Å². The van der Waals surface area contributed by atoms with Gasteiger partial charge in [-0.05, 0) is 25.0 Å². The molecule has 7 nitrogen and oxygen atoms in total. The third-order valence-electron chi connectivity index (χ3n) is 4.05. The van der Waals surface area contributed by atoms with Gasteiger partial charge in [-0.25, -0.2) is 12.8 Å². The van der Waals surface area contributed by atoms with Crippen molar-refractivity contribution in [1.82, 2.24) is 9.62 Å². The average Bonchev–Trinajstić information content (AvgIpc) is 2.58. The lowest BCUT2D eigenvalue weighted by Crippen LogP contribution is -2.52. The molecule has 1 fully saturated rings. The highest BCUT2D eigenvalue weighted by Gasteiger charge is 2.34. The fraction of sp³-hybridized carbons (Fsp3) is 0.500. The van der Waals surface area contributed by atoms with Crippen LogP contribution in [0.3, 0.4) is 0 Å². The number of hydrogen-bond donors (Lipinski definition) is 2. The summed E-state index contributed by atoms with van der Waals surface area (Å²) in [6, 6.07) is 5.37. The second-order valence-corrected chi connectivity index (χ2v) is 7.81. The number of piperidine rings is 1. The number of hydrogen-bond acceptors (Lipinski definition) is 5. The lowest BCUT2D eigenvalue weighted by molar-refractivity contribution is -0.125. The van der Waals surface area contributed by atoms with E-state index in [-0.39, 0.29) is 24.6 Å². The topological polar surface area (TPSA) is 102 Å². The van der Waals surface area contributed by atoms with E-state index in [1.54, 1.807) is 12.1 Å². The predicted molar refractivity (Wildman–Crippen MR) is 91.8 cm³/mol. The van der Waals surface area contributed by atoms with Gasteiger partial charge in [0.1, 0.15) is 23.5 Å². The van der Waals surface area contributed by atoms with Gasteiger partial charge in [0, 0.05) is 19.6 Å². The predicted octanol–water partition coefficient (Wildman–Crippen LogP) is 1.04. The number of nitrogens with one attached hydrogen (secondary N) is 2. The van der Waals surface area contributed by atoms with Crippen LogP contribution < -0.4 is 10.6 Å². The van der Waals surface area contributed by atoms with E-state index in [0.717, 1.165) is 19.1 Å². The normalized spacial score (nSPS) is 18.4. The monoisotopic (exact) mass is 368 g/mol. The molecular weight excluding hydrogens is 347 g/mol. The van der Waals surface area contributed by atoms with Crippen LogP contribution in [0.15, 0.2) is 18.2 Å². The lowest BCUT2D eigenvalue weighted by Gasteiger charge is -2.32. The summed E-state index contributed by atoms with van der Waals surface area (Å²) in [5, 5.41) is 14.5. The molecule has 0 radical (unpaired) electrons. The number of carbonyl (C=O) groups is 1. The molecule has 0 aliphatic carbocycles. The molecule has 9 heteroatoms. The van der Waals surface area contributed by atoms with Gasteiger partial charge in [-0.2, -0.15) is 9.57 Å². The van der Waals surface area contributed by atoms with Crippen molar-refractivity contribution in [2.45, 2.75) is 25.3 Å². The van der Waals surface area contributed by atoms with Crippen molar-refractivity contribution in [2.75, 3.05) is 31.2 Å². The van der Waals surface area contributed by atoms with Gasteiger partial charge >= 0.3 is 0 Å². The standard InChI is InChI=1S/C16H21FN4O3S/c1-25(23,24)21-10-3-2-7-15(21)16(22)20-9-8-19-14-6-4-5-13(17)12(14)11-18/h4-6,15,19H,2-3,7-10H2,1H3,(H,20,22). The molecule has 0 spiro atoms. The Bertz CT molecular complexity index is 776. The quantitative estimate of drug-likeness (QED) is 0.731. The summed E-state index contributed by atoms with van der Waals surface area (Å²) in [5.41, 5.74) is 0.275. The van der Waals surface area contributed by atoms with Gasteiger partial charge in [0.05, 0.1) is 11.9 Å². The maximum Gasteiger partial charge on any atom is 0.238 e. The summed E-state index contributed by atoms with van der Waals surface area (Å²) in [4.78, 5) is 12.3. The highest BCUT2D eigenvalue weighted by atomic mass is 32.2. The van der Waals surface area contributed by atoms with Gasteiger partial charge < -0.3 is 10.6 Å². The molecule has 1 saturated heterocycles. The summed E-state index contributed by atoms with van der Waals surface area (Å²) in [6.07, 6.45) is 3.15. The molecule has 1 amide bonds. The van der Waals surface area contributed by atoms with Crippen molar-refractivity contribution in [1.29, 1.82) is 5.26 Å². The Morgan fingerprint density at radius 3 is 2.84 bits per heavy atom. The van der Waals surface area contributed by atoms with Crippen LogP contribution in [0.2, 0.25) is 0 Å². The Hall–Kier alpha value is -2.18. The largest absolute Gasteiger partial charge is 0.382 e. The molecular formula is C16H21FN4O3S. The van der Waals surface area contributed by atoms with E-state index in [1.165, 1.54) is 16.4 Å². The van der Waals surface area contributed by atoms with Gasteiger partial charge in [0.2, 0.25) is 15.9 Å². The molecule has 136 valence electrons. The third-order valence-corrected chi connectivity index (χ3v) is 5.34. The number of benzene rings is 1. The van der Waals surface area contributed by atoms with Crippen molar-refractivity contribution in [3.63, 3.8) is 0 Å². The first kappa shape index (κ1) is 19.1. The van der Waals surface area contributed by atoms with E-state index in [0.29, 0.717) is 18.7 Å². The van der Waals surface area contributed by atoms with Crippen LogP contribution in [0, 0.1) is 17.1 Å². The summed E-state index contributed by atoms with van der Waals surface area (Å²) < 4.78 is 38.3. The molecule has 0 saturated carbocycles. The molecule has 1 heterocycles. The van der Waals surface area contributed by atoms with E-state index in [4.69, 9.17) is 5.26 Å². The van der Waals surface area contributed by atoms with Crippen molar-refractivity contribution < 1.29 is 17.6 Å². The van der Waals surface area contributed by atoms with E-state index in [2.05, 4.69) is 10.6 Å². The minimum atomic E-state index is -3.43. The SMILES string of the molecule is CS(=O)(=O)N1CCCCC1C(=O)NCCNc1cccc(F)c1C#N. The smallest absolute Gasteiger partial charge is 0.238 e. The molecule has 0 aromatic heterocycles. The molecule has 1 aromatic carbocycles. The first-order valence-corrected chi connectivity index (χ1v) is 9.86. The zero-order valence-corrected chi connectivity index (χ0v) is 14.8. The minimum Gasteiger partial charge on any atom is -0.382 e. The highest BCUT2D eigenvalue weighted by Crippen LogP contribution is 2.20. The molecule has 1 aromatic rings. The number of rotatable bonds is 6. The van der Waals surface area contributed by atoms with Crippen molar-refractivity contribution in [3.8, 4) is 6.07 Å². The van der Waals surface area contributed by atoms with Crippen LogP contribution in [0.4, 0.5) is 10.1 Å². The van der Waals surface area contributed by atoms with E-state index in [9.17, 15) is 17.6 Å². The average molecular weight is 368 g/mol. The summed E-state index contributed by atoms with van der Waals surface area (Å²) in [6.45, 7) is 0.869. The molecule has 0 bridgehead atoms. The number of carbonyl (C=O) groups excluding carboxylic acids is 1. The number of nitrogens with zero attached hydrogens (tertiary/aromatic N) is 2. The van der Waals surface area contributed by atoms with Crippen LogP contribution >= 0.6 is 0 Å². The van der Waals surface area contributed by atoms with Crippen molar-refractivity contribution >= 4 is 21.6 Å². The molecule has 1 aliphatic rings. The van der Waals surface area contributed by atoms with Gasteiger partial charge in [-0.1, -0.05) is 12.5 Å². The zero-order valence-electron chi connectivity index (χ0n) is 14.0. The van der Waals surface area contributed by atoms with E-state index < -0.39 is 21.9 Å². The van der Waals surface area contributed by atoms with Gasteiger partial charge in [-0.15, -0.1) is 0 Å². The highest BCUT2D eigenvalue weighted by molar-refractivity contribution is 7.88. The lowest BCUT2D eigenvalue weighted by atomic mass is 10.0. The maximum atomic E-state index is 13.5. The van der Waals surface area contributed by atoms with Crippen LogP contribution in [-0.4, -0.2) is 50.6 Å². The minimum absolute atomic E-state index is 0.0793. The van der Waals surface area contributed by atoms with Crippen LogP contribution in [0.25, 0.3) is 0 Å². The molecule has 1 unspecified atom stereocenters. The number of halogens is 1. The summed E-state index contributed by atoms with van der Waals surface area (Å²) >= 11 is 0. The molecule has 25 heavy (non-hydrogen) atoms. The first-order valence-electron chi connectivity index (χ1n) is 8.01. The number of nitriles is 1. The molecule has 2 N–H and O–H groups in total. The Balaban J connectivity index is 1.88. The number of amides is 1. The second kappa shape index (κ2) is 8.27. The van der Waals surface area contributed by atoms with Gasteiger partial charge in [0.15, 0.2) is 0 Å². The Labute approximate surface area is 146 Å². The number of sulfonamides is 1. The summed E-state index contributed by atoms with van der Waals surface area (Å²) in [7, 11) is -3.43. The third kappa shape index (κ3) is 4.90. The van der Waals surface area contributed by atoms with E-state index in [1.807, 2.05) is 0 Å². The molecule has 1 atom stereocenters. The Morgan fingerprint density at radius 2 is 2.16 bits per heavy atom. The Morgan fingerprint density at radius 1 is 1.40 bits per heavy atom. The van der Waals surface area contributed by atoms with Crippen molar-refractivity contribution in [2.24, 2.45) is 0 Å². The van der Waals surface area contributed by atoms with Crippen LogP contribution in [0.5, 0.6) is 0 Å². The summed E-state index contributed by atoms with van der Waals surface area (Å²) in [5.74, 6) is -0.950. The molecule has 1 aliphatic heterocycles. The zero-order chi connectivity index (χ0) is 18.4. The van der Waals surface area contributed by atoms with Gasteiger partial charge in [-0.3, -0.25) is 4.79 Å². The second-order valence-electron chi connectivity index (χ2n) is 5.88. The fourth-order valence-electron chi connectivity index (χ4n) is 2.85. The van der Waals surface area contributed by atoms with Gasteiger partial charge in [0.25, 0.3) is 0 Å². The number of anilines is 1. The molecule has 2 rings (SSSR count).